The molecule has 2 N–H and O–H groups in total. The Morgan fingerprint density at radius 3 is 1.42 bits per heavy atom. The molecule has 0 aliphatic heterocycles. The van der Waals surface area contributed by atoms with Crippen LogP contribution in [0.3, 0.4) is 0 Å². The van der Waals surface area contributed by atoms with Gasteiger partial charge < -0.3 is 10.6 Å². The van der Waals surface area contributed by atoms with E-state index in [-0.39, 0.29) is 24.9 Å². The summed E-state index contributed by atoms with van der Waals surface area (Å²) in [5.41, 5.74) is 1.18. The van der Waals surface area contributed by atoms with Gasteiger partial charge in [-0.3, -0.25) is 9.59 Å². The SMILES string of the molecule is O=C(NCC#CC#CCNC(=O)c1ccccc1)c1ccccc1. The van der Waals surface area contributed by atoms with E-state index in [1.165, 1.54) is 0 Å². The molecule has 118 valence electrons. The van der Waals surface area contributed by atoms with Crippen LogP contribution in [0.2, 0.25) is 0 Å². The maximum Gasteiger partial charge on any atom is 0.252 e. The second kappa shape index (κ2) is 9.50. The Bertz CT molecular complexity index is 735. The van der Waals surface area contributed by atoms with Crippen LogP contribution in [-0.2, 0) is 0 Å². The number of hydrogen-bond acceptors (Lipinski definition) is 2. The van der Waals surface area contributed by atoms with E-state index in [0.29, 0.717) is 11.1 Å². The summed E-state index contributed by atoms with van der Waals surface area (Å²) in [6, 6.07) is 17.8. The van der Waals surface area contributed by atoms with E-state index in [4.69, 9.17) is 0 Å². The molecule has 0 atom stereocenters. The minimum Gasteiger partial charge on any atom is -0.341 e. The molecule has 0 saturated heterocycles. The molecule has 0 fully saturated rings. The summed E-state index contributed by atoms with van der Waals surface area (Å²) in [6.45, 7) is 0.442. The fourth-order valence-electron chi connectivity index (χ4n) is 1.81. The molecule has 0 aliphatic carbocycles. The van der Waals surface area contributed by atoms with Crippen LogP contribution in [0.1, 0.15) is 20.7 Å². The Kier molecular flexibility index (Phi) is 6.68. The van der Waals surface area contributed by atoms with E-state index in [9.17, 15) is 9.59 Å². The highest BCUT2D eigenvalue weighted by atomic mass is 16.2. The van der Waals surface area contributed by atoms with Gasteiger partial charge >= 0.3 is 0 Å². The predicted molar refractivity (Wildman–Crippen MR) is 93.1 cm³/mol. The molecular formula is C20H16N2O2. The minimum atomic E-state index is -0.173. The fourth-order valence-corrected chi connectivity index (χ4v) is 1.81. The van der Waals surface area contributed by atoms with Crippen molar-refractivity contribution in [2.45, 2.75) is 0 Å². The summed E-state index contributed by atoms with van der Waals surface area (Å²) in [6.07, 6.45) is 0. The lowest BCUT2D eigenvalue weighted by atomic mass is 10.2. The second-order valence-corrected chi connectivity index (χ2v) is 4.70. The molecule has 0 radical (unpaired) electrons. The number of amides is 2. The van der Waals surface area contributed by atoms with Crippen molar-refractivity contribution in [1.82, 2.24) is 10.6 Å². The lowest BCUT2D eigenvalue weighted by Gasteiger charge is -1.99. The number of carbonyl (C=O) groups excluding carboxylic acids is 2. The molecule has 0 unspecified atom stereocenters. The molecule has 2 amide bonds. The van der Waals surface area contributed by atoms with E-state index in [1.807, 2.05) is 12.1 Å². The number of rotatable bonds is 4. The van der Waals surface area contributed by atoms with Crippen molar-refractivity contribution >= 4 is 11.8 Å². The van der Waals surface area contributed by atoms with Gasteiger partial charge in [-0.1, -0.05) is 48.2 Å². The van der Waals surface area contributed by atoms with Gasteiger partial charge in [-0.2, -0.15) is 0 Å². The third-order valence-electron chi connectivity index (χ3n) is 2.99. The maximum atomic E-state index is 11.7. The highest BCUT2D eigenvalue weighted by Gasteiger charge is 2.01. The van der Waals surface area contributed by atoms with E-state index in [0.717, 1.165) is 0 Å². The van der Waals surface area contributed by atoms with Gasteiger partial charge in [0.25, 0.3) is 11.8 Å². The number of benzene rings is 2. The van der Waals surface area contributed by atoms with Crippen LogP contribution in [0.4, 0.5) is 0 Å². The zero-order chi connectivity index (χ0) is 17.0. The highest BCUT2D eigenvalue weighted by molar-refractivity contribution is 5.94. The van der Waals surface area contributed by atoms with Crippen molar-refractivity contribution in [2.75, 3.05) is 13.1 Å². The van der Waals surface area contributed by atoms with E-state index in [1.54, 1.807) is 48.5 Å². The van der Waals surface area contributed by atoms with Gasteiger partial charge in [-0.25, -0.2) is 0 Å². The van der Waals surface area contributed by atoms with Crippen LogP contribution in [0.5, 0.6) is 0 Å². The van der Waals surface area contributed by atoms with Crippen LogP contribution in [0.15, 0.2) is 60.7 Å². The first kappa shape index (κ1) is 16.9. The Morgan fingerprint density at radius 1 is 0.667 bits per heavy atom. The summed E-state index contributed by atoms with van der Waals surface area (Å²) < 4.78 is 0. The van der Waals surface area contributed by atoms with Crippen molar-refractivity contribution in [3.05, 3.63) is 71.8 Å². The third kappa shape index (κ3) is 5.71. The molecule has 4 nitrogen and oxygen atoms in total. The first-order chi connectivity index (χ1) is 11.8. The average molecular weight is 316 g/mol. The smallest absolute Gasteiger partial charge is 0.252 e. The summed E-state index contributed by atoms with van der Waals surface area (Å²) in [5.74, 6) is 10.4. The van der Waals surface area contributed by atoms with Crippen molar-refractivity contribution in [3.8, 4) is 23.7 Å². The lowest BCUT2D eigenvalue weighted by molar-refractivity contribution is 0.0950. The molecule has 2 aromatic carbocycles. The minimum absolute atomic E-state index is 0.173. The third-order valence-corrected chi connectivity index (χ3v) is 2.99. The predicted octanol–water partition coefficient (Wildman–Crippen LogP) is 1.85. The second-order valence-electron chi connectivity index (χ2n) is 4.70. The first-order valence-corrected chi connectivity index (χ1v) is 7.39. The number of hydrogen-bond donors (Lipinski definition) is 2. The quantitative estimate of drug-likeness (QED) is 0.846. The Morgan fingerprint density at radius 2 is 1.04 bits per heavy atom. The average Bonchev–Trinajstić information content (AvgIpc) is 2.65. The van der Waals surface area contributed by atoms with Crippen molar-refractivity contribution in [3.63, 3.8) is 0 Å². The monoisotopic (exact) mass is 316 g/mol. The normalized spacial score (nSPS) is 8.83. The molecule has 24 heavy (non-hydrogen) atoms. The summed E-state index contributed by atoms with van der Waals surface area (Å²) in [4.78, 5) is 23.5. The zero-order valence-electron chi connectivity index (χ0n) is 13.0. The summed E-state index contributed by atoms with van der Waals surface area (Å²) in [7, 11) is 0. The lowest BCUT2D eigenvalue weighted by Crippen LogP contribution is -2.23. The summed E-state index contributed by atoms with van der Waals surface area (Å²) >= 11 is 0. The van der Waals surface area contributed by atoms with Gasteiger partial charge in [0.05, 0.1) is 13.1 Å². The molecule has 2 rings (SSSR count). The molecule has 2 aromatic rings. The number of nitrogens with one attached hydrogen (secondary N) is 2. The van der Waals surface area contributed by atoms with Crippen LogP contribution < -0.4 is 10.6 Å². The van der Waals surface area contributed by atoms with Gasteiger partial charge in [0, 0.05) is 11.1 Å². The molecule has 0 spiro atoms. The van der Waals surface area contributed by atoms with Crippen molar-refractivity contribution < 1.29 is 9.59 Å². The molecule has 0 aromatic heterocycles. The highest BCUT2D eigenvalue weighted by Crippen LogP contribution is 1.97. The molecule has 0 bridgehead atoms. The maximum absolute atomic E-state index is 11.7. The molecule has 0 heterocycles. The van der Waals surface area contributed by atoms with E-state index < -0.39 is 0 Å². The van der Waals surface area contributed by atoms with Crippen molar-refractivity contribution in [2.24, 2.45) is 0 Å². The Hall–Kier alpha value is -3.50. The Balaban J connectivity index is 1.68. The standard InChI is InChI=1S/C20H16N2O2/c23-19(17-11-5-3-6-12-17)21-15-9-1-2-10-16-22-20(24)18-13-7-4-8-14-18/h3-8,11-14H,15-16H2,(H,21,23)(H,22,24). The molecule has 4 heteroatoms. The van der Waals surface area contributed by atoms with Crippen LogP contribution in [0, 0.1) is 23.7 Å². The van der Waals surface area contributed by atoms with Gasteiger partial charge in [0.1, 0.15) is 0 Å². The van der Waals surface area contributed by atoms with Crippen LogP contribution >= 0.6 is 0 Å². The molecule has 0 aliphatic rings. The van der Waals surface area contributed by atoms with Gasteiger partial charge in [0.2, 0.25) is 0 Å². The van der Waals surface area contributed by atoms with E-state index >= 15 is 0 Å². The van der Waals surface area contributed by atoms with E-state index in [2.05, 4.69) is 34.3 Å². The van der Waals surface area contributed by atoms with Crippen molar-refractivity contribution in [1.29, 1.82) is 0 Å². The zero-order valence-corrected chi connectivity index (χ0v) is 13.0. The molecular weight excluding hydrogens is 300 g/mol. The van der Waals surface area contributed by atoms with Crippen LogP contribution in [0.25, 0.3) is 0 Å². The van der Waals surface area contributed by atoms with Gasteiger partial charge in [0.15, 0.2) is 0 Å². The van der Waals surface area contributed by atoms with Crippen LogP contribution in [-0.4, -0.2) is 24.9 Å². The largest absolute Gasteiger partial charge is 0.341 e. The Labute approximate surface area is 141 Å². The number of carbonyl (C=O) groups is 2. The molecule has 0 saturated carbocycles. The van der Waals surface area contributed by atoms with Gasteiger partial charge in [-0.15, -0.1) is 0 Å². The van der Waals surface area contributed by atoms with Gasteiger partial charge in [-0.05, 0) is 36.1 Å². The first-order valence-electron chi connectivity index (χ1n) is 7.39. The fraction of sp³-hybridized carbons (Fsp3) is 0.100. The topological polar surface area (TPSA) is 58.2 Å². The summed E-state index contributed by atoms with van der Waals surface area (Å²) in [5, 5.41) is 5.36.